The summed E-state index contributed by atoms with van der Waals surface area (Å²) in [7, 11) is 0. The van der Waals surface area contributed by atoms with Crippen molar-refractivity contribution >= 4 is 0 Å². The number of rotatable bonds is 20. The molecule has 0 rings (SSSR count). The van der Waals surface area contributed by atoms with Gasteiger partial charge < -0.3 is 10.2 Å². The minimum atomic E-state index is 0. The lowest BCUT2D eigenvalue weighted by molar-refractivity contribution is 0.282. The molecule has 0 saturated heterocycles. The van der Waals surface area contributed by atoms with Crippen molar-refractivity contribution < 1.29 is 15.7 Å². The average molecular weight is 389 g/mol. The molecular weight excluding hydrogens is 336 g/mol. The summed E-state index contributed by atoms with van der Waals surface area (Å²) in [6, 6.07) is 0. The first-order valence-corrected chi connectivity index (χ1v) is 12.0. The van der Waals surface area contributed by atoms with Crippen molar-refractivity contribution in [2.24, 2.45) is 0 Å². The summed E-state index contributed by atoms with van der Waals surface area (Å²) in [5, 5.41) is 17.1. The van der Waals surface area contributed by atoms with Gasteiger partial charge in [0.1, 0.15) is 0 Å². The molecule has 0 bridgehead atoms. The second-order valence-electron chi connectivity index (χ2n) is 7.81. The van der Waals surface area contributed by atoms with Gasteiger partial charge in [0.05, 0.1) is 0 Å². The van der Waals surface area contributed by atoms with E-state index in [4.69, 9.17) is 10.2 Å². The molecule has 0 aliphatic rings. The zero-order chi connectivity index (χ0) is 19.6. The van der Waals surface area contributed by atoms with Crippen LogP contribution in [0.15, 0.2) is 0 Å². The highest BCUT2D eigenvalue weighted by molar-refractivity contribution is 4.47. The SMILES string of the molecule is CCCCCCCCCCCCO.CCCCCCCCCCCCO.[O]. The van der Waals surface area contributed by atoms with Gasteiger partial charge in [0.15, 0.2) is 0 Å². The second kappa shape index (κ2) is 33.5. The Morgan fingerprint density at radius 1 is 0.333 bits per heavy atom. The van der Waals surface area contributed by atoms with Crippen LogP contribution in [0.5, 0.6) is 0 Å². The van der Waals surface area contributed by atoms with Crippen LogP contribution in [0.3, 0.4) is 0 Å². The Morgan fingerprint density at radius 3 is 0.704 bits per heavy atom. The molecule has 27 heavy (non-hydrogen) atoms. The standard InChI is InChI=1S/2C12H26O.O/c2*1-2-3-4-5-6-7-8-9-10-11-12-13;/h2*13H,2-12H2,1H3;. The van der Waals surface area contributed by atoms with Crippen LogP contribution in [0.25, 0.3) is 0 Å². The molecule has 0 unspecified atom stereocenters. The van der Waals surface area contributed by atoms with Crippen LogP contribution in [0.2, 0.25) is 0 Å². The third-order valence-corrected chi connectivity index (χ3v) is 5.02. The Bertz CT molecular complexity index is 168. The summed E-state index contributed by atoms with van der Waals surface area (Å²) in [4.78, 5) is 0. The lowest BCUT2D eigenvalue weighted by Gasteiger charge is -2.00. The maximum atomic E-state index is 8.57. The summed E-state index contributed by atoms with van der Waals surface area (Å²) >= 11 is 0. The van der Waals surface area contributed by atoms with Crippen LogP contribution in [0.1, 0.15) is 142 Å². The van der Waals surface area contributed by atoms with E-state index in [1.807, 2.05) is 0 Å². The van der Waals surface area contributed by atoms with Crippen LogP contribution < -0.4 is 0 Å². The molecule has 0 aromatic heterocycles. The van der Waals surface area contributed by atoms with E-state index in [1.165, 1.54) is 116 Å². The molecule has 0 aliphatic carbocycles. The van der Waals surface area contributed by atoms with Gasteiger partial charge in [0, 0.05) is 18.7 Å². The Balaban J connectivity index is -0.000000411. The van der Waals surface area contributed by atoms with Crippen molar-refractivity contribution in [1.29, 1.82) is 0 Å². The van der Waals surface area contributed by atoms with Gasteiger partial charge in [-0.2, -0.15) is 0 Å². The fourth-order valence-electron chi connectivity index (χ4n) is 3.20. The molecule has 0 atom stereocenters. The van der Waals surface area contributed by atoms with Crippen molar-refractivity contribution in [3.05, 3.63) is 0 Å². The number of unbranched alkanes of at least 4 members (excludes halogenated alkanes) is 18. The fourth-order valence-corrected chi connectivity index (χ4v) is 3.20. The van der Waals surface area contributed by atoms with Gasteiger partial charge in [0.2, 0.25) is 0 Å². The molecule has 166 valence electrons. The molecule has 0 heterocycles. The van der Waals surface area contributed by atoms with Gasteiger partial charge in [-0.15, -0.1) is 0 Å². The van der Waals surface area contributed by atoms with Crippen molar-refractivity contribution in [3.8, 4) is 0 Å². The van der Waals surface area contributed by atoms with Crippen LogP contribution in [-0.4, -0.2) is 23.4 Å². The van der Waals surface area contributed by atoms with Crippen LogP contribution in [0.4, 0.5) is 0 Å². The molecule has 0 spiro atoms. The minimum absolute atomic E-state index is 0. The van der Waals surface area contributed by atoms with Gasteiger partial charge in [0.25, 0.3) is 0 Å². The molecule has 0 amide bonds. The van der Waals surface area contributed by atoms with E-state index in [9.17, 15) is 0 Å². The molecule has 2 N–H and O–H groups in total. The van der Waals surface area contributed by atoms with Crippen molar-refractivity contribution in [2.75, 3.05) is 13.2 Å². The summed E-state index contributed by atoms with van der Waals surface area (Å²) in [6.45, 7) is 5.26. The normalized spacial score (nSPS) is 10.2. The Morgan fingerprint density at radius 2 is 0.519 bits per heavy atom. The number of hydrogen-bond donors (Lipinski definition) is 2. The Kier molecular flexibility index (Phi) is 39.1. The molecule has 3 heteroatoms. The van der Waals surface area contributed by atoms with Crippen LogP contribution >= 0.6 is 0 Å². The molecular formula is C24H52O3. The van der Waals surface area contributed by atoms with E-state index in [0.29, 0.717) is 13.2 Å². The summed E-state index contributed by atoms with van der Waals surface area (Å²) < 4.78 is 0. The van der Waals surface area contributed by atoms with Gasteiger partial charge in [-0.3, -0.25) is 0 Å². The maximum absolute atomic E-state index is 8.57. The highest BCUT2D eigenvalue weighted by atomic mass is 16.3. The zero-order valence-electron chi connectivity index (χ0n) is 18.9. The van der Waals surface area contributed by atoms with E-state index in [2.05, 4.69) is 13.8 Å². The second-order valence-corrected chi connectivity index (χ2v) is 7.81. The van der Waals surface area contributed by atoms with Crippen molar-refractivity contribution in [1.82, 2.24) is 0 Å². The molecule has 0 fully saturated rings. The van der Waals surface area contributed by atoms with Crippen LogP contribution in [0, 0.1) is 0 Å². The van der Waals surface area contributed by atoms with Gasteiger partial charge in [-0.05, 0) is 12.8 Å². The van der Waals surface area contributed by atoms with Gasteiger partial charge in [-0.1, -0.05) is 129 Å². The summed E-state index contributed by atoms with van der Waals surface area (Å²) in [5.41, 5.74) is 0. The molecule has 0 aromatic rings. The van der Waals surface area contributed by atoms with E-state index in [-0.39, 0.29) is 5.48 Å². The third-order valence-electron chi connectivity index (χ3n) is 5.02. The lowest BCUT2D eigenvalue weighted by Crippen LogP contribution is -1.84. The highest BCUT2D eigenvalue weighted by Gasteiger charge is 1.92. The number of aliphatic hydroxyl groups excluding tert-OH is 2. The number of hydrogen-bond acceptors (Lipinski definition) is 2. The zero-order valence-corrected chi connectivity index (χ0v) is 18.9. The molecule has 0 aromatic carbocycles. The first-order valence-electron chi connectivity index (χ1n) is 12.0. The fraction of sp³-hybridized carbons (Fsp3) is 1.00. The predicted octanol–water partition coefficient (Wildman–Crippen LogP) is 7.68. The minimum Gasteiger partial charge on any atom is -0.396 e. The van der Waals surface area contributed by atoms with Crippen LogP contribution in [-0.2, 0) is 5.48 Å². The average Bonchev–Trinajstić information content (AvgIpc) is 2.66. The largest absolute Gasteiger partial charge is 0.396 e. The van der Waals surface area contributed by atoms with E-state index < -0.39 is 0 Å². The smallest absolute Gasteiger partial charge is 0.0431 e. The quantitative estimate of drug-likeness (QED) is 0.210. The monoisotopic (exact) mass is 388 g/mol. The van der Waals surface area contributed by atoms with E-state index in [1.54, 1.807) is 0 Å². The Labute approximate surface area is 171 Å². The molecule has 2 radical (unpaired) electrons. The lowest BCUT2D eigenvalue weighted by atomic mass is 10.1. The van der Waals surface area contributed by atoms with Crippen molar-refractivity contribution in [2.45, 2.75) is 142 Å². The molecule has 0 aliphatic heterocycles. The van der Waals surface area contributed by atoms with Crippen molar-refractivity contribution in [3.63, 3.8) is 0 Å². The third kappa shape index (κ3) is 37.3. The highest BCUT2D eigenvalue weighted by Crippen LogP contribution is 2.11. The summed E-state index contributed by atoms with van der Waals surface area (Å²) in [6.07, 6.45) is 26.6. The first-order chi connectivity index (χ1) is 12.8. The topological polar surface area (TPSA) is 69.0 Å². The van der Waals surface area contributed by atoms with Gasteiger partial charge >= 0.3 is 0 Å². The molecule has 3 nitrogen and oxygen atoms in total. The first kappa shape index (κ1) is 31.6. The van der Waals surface area contributed by atoms with E-state index >= 15 is 0 Å². The number of aliphatic hydroxyl groups is 2. The Hall–Kier alpha value is -0.120. The van der Waals surface area contributed by atoms with E-state index in [0.717, 1.165) is 12.8 Å². The predicted molar refractivity (Wildman–Crippen MR) is 119 cm³/mol. The summed E-state index contributed by atoms with van der Waals surface area (Å²) in [5.74, 6) is 0. The maximum Gasteiger partial charge on any atom is 0.0431 e. The van der Waals surface area contributed by atoms with Gasteiger partial charge in [-0.25, -0.2) is 0 Å². The molecule has 0 saturated carbocycles.